The van der Waals surface area contributed by atoms with Gasteiger partial charge >= 0.3 is 0 Å². The maximum absolute atomic E-state index is 11.0. The Kier molecular flexibility index (Phi) is 5.14. The van der Waals surface area contributed by atoms with Gasteiger partial charge in [0.15, 0.2) is 17.8 Å². The smallest absolute Gasteiger partial charge is 0.283 e. The summed E-state index contributed by atoms with van der Waals surface area (Å²) >= 11 is 0. The van der Waals surface area contributed by atoms with Crippen molar-refractivity contribution in [2.45, 2.75) is 6.61 Å². The van der Waals surface area contributed by atoms with E-state index in [2.05, 4.69) is 0 Å². The summed E-state index contributed by atoms with van der Waals surface area (Å²) in [6, 6.07) is 9.72. The van der Waals surface area contributed by atoms with E-state index in [1.165, 1.54) is 19.2 Å². The van der Waals surface area contributed by atoms with E-state index in [1.54, 1.807) is 19.2 Å². The average molecular weight is 317 g/mol. The number of nitro benzene ring substituents is 1. The van der Waals surface area contributed by atoms with Gasteiger partial charge in [0.2, 0.25) is 0 Å². The van der Waals surface area contributed by atoms with Gasteiger partial charge in [0.1, 0.15) is 12.4 Å². The number of ether oxygens (including phenoxy) is 3. The Labute approximate surface area is 132 Å². The summed E-state index contributed by atoms with van der Waals surface area (Å²) < 4.78 is 15.8. The summed E-state index contributed by atoms with van der Waals surface area (Å²) in [5.41, 5.74) is 0.480. The third kappa shape index (κ3) is 3.76. The van der Waals surface area contributed by atoms with Crippen molar-refractivity contribution in [1.82, 2.24) is 0 Å². The van der Waals surface area contributed by atoms with Crippen molar-refractivity contribution in [1.29, 1.82) is 0 Å². The van der Waals surface area contributed by atoms with Crippen LogP contribution in [0.15, 0.2) is 36.4 Å². The van der Waals surface area contributed by atoms with Crippen LogP contribution in [0.4, 0.5) is 5.69 Å². The number of aldehydes is 1. The summed E-state index contributed by atoms with van der Waals surface area (Å²) in [5, 5.41) is 10.9. The van der Waals surface area contributed by atoms with E-state index in [0.29, 0.717) is 6.29 Å². The normalized spacial score (nSPS) is 10.0. The number of nitrogens with zero attached hydrogens (tertiary/aromatic N) is 1. The third-order valence-corrected chi connectivity index (χ3v) is 3.19. The van der Waals surface area contributed by atoms with Gasteiger partial charge in [-0.15, -0.1) is 0 Å². The second-order valence-corrected chi connectivity index (χ2v) is 4.57. The second kappa shape index (κ2) is 7.26. The van der Waals surface area contributed by atoms with Gasteiger partial charge in [-0.2, -0.15) is 0 Å². The molecule has 0 aliphatic rings. The molecule has 0 saturated heterocycles. The Hall–Kier alpha value is -3.09. The maximum atomic E-state index is 11.0. The number of rotatable bonds is 7. The van der Waals surface area contributed by atoms with Crippen molar-refractivity contribution in [3.63, 3.8) is 0 Å². The molecule has 120 valence electrons. The van der Waals surface area contributed by atoms with Gasteiger partial charge in [0.05, 0.1) is 30.8 Å². The standard InChI is InChI=1S/C16H15NO6/c1-21-13-5-3-11(4-6-13)10-23-16-7-12(9-18)14(17(19)20)8-15(16)22-2/h3-9H,10H2,1-2H3. The molecule has 0 N–H and O–H groups in total. The van der Waals surface area contributed by atoms with Crippen LogP contribution in [-0.2, 0) is 6.61 Å². The van der Waals surface area contributed by atoms with Crippen molar-refractivity contribution < 1.29 is 23.9 Å². The number of hydrogen-bond donors (Lipinski definition) is 0. The molecule has 0 aliphatic heterocycles. The summed E-state index contributed by atoms with van der Waals surface area (Å²) in [6.45, 7) is 0.219. The van der Waals surface area contributed by atoms with E-state index >= 15 is 0 Å². The van der Waals surface area contributed by atoms with E-state index in [4.69, 9.17) is 14.2 Å². The highest BCUT2D eigenvalue weighted by molar-refractivity contribution is 5.83. The fourth-order valence-corrected chi connectivity index (χ4v) is 1.97. The Bertz CT molecular complexity index is 711. The molecule has 0 radical (unpaired) electrons. The molecule has 0 unspecified atom stereocenters. The van der Waals surface area contributed by atoms with Crippen LogP contribution < -0.4 is 14.2 Å². The molecule has 0 heterocycles. The minimum absolute atomic E-state index is 0.0690. The first kappa shape index (κ1) is 16.3. The lowest BCUT2D eigenvalue weighted by atomic mass is 10.1. The van der Waals surface area contributed by atoms with E-state index in [9.17, 15) is 14.9 Å². The van der Waals surface area contributed by atoms with Crippen LogP contribution in [0.2, 0.25) is 0 Å². The van der Waals surface area contributed by atoms with Crippen LogP contribution in [0.5, 0.6) is 17.2 Å². The van der Waals surface area contributed by atoms with Crippen molar-refractivity contribution >= 4 is 12.0 Å². The fraction of sp³-hybridized carbons (Fsp3) is 0.188. The number of benzene rings is 2. The Balaban J connectivity index is 2.24. The topological polar surface area (TPSA) is 87.9 Å². The number of hydrogen-bond acceptors (Lipinski definition) is 6. The predicted molar refractivity (Wildman–Crippen MR) is 82.4 cm³/mol. The number of nitro groups is 1. The quantitative estimate of drug-likeness (QED) is 0.443. The molecule has 2 aromatic carbocycles. The second-order valence-electron chi connectivity index (χ2n) is 4.57. The molecule has 0 fully saturated rings. The highest BCUT2D eigenvalue weighted by Crippen LogP contribution is 2.34. The maximum Gasteiger partial charge on any atom is 0.283 e. The fourth-order valence-electron chi connectivity index (χ4n) is 1.97. The first-order valence-electron chi connectivity index (χ1n) is 6.66. The summed E-state index contributed by atoms with van der Waals surface area (Å²) in [5.74, 6) is 1.18. The molecule has 0 spiro atoms. The third-order valence-electron chi connectivity index (χ3n) is 3.19. The van der Waals surface area contributed by atoms with Gasteiger partial charge in [-0.3, -0.25) is 14.9 Å². The lowest BCUT2D eigenvalue weighted by Gasteiger charge is -2.11. The highest BCUT2D eigenvalue weighted by atomic mass is 16.6. The van der Waals surface area contributed by atoms with Crippen LogP contribution in [0.1, 0.15) is 15.9 Å². The van der Waals surface area contributed by atoms with Crippen molar-refractivity contribution in [2.75, 3.05) is 14.2 Å². The molecular weight excluding hydrogens is 302 g/mol. The zero-order valence-corrected chi connectivity index (χ0v) is 12.6. The van der Waals surface area contributed by atoms with Crippen LogP contribution in [0.3, 0.4) is 0 Å². The van der Waals surface area contributed by atoms with Crippen molar-refractivity contribution in [3.05, 3.63) is 57.6 Å². The molecule has 2 aromatic rings. The first-order chi connectivity index (χ1) is 11.1. The van der Waals surface area contributed by atoms with E-state index in [1.807, 2.05) is 12.1 Å². The zero-order valence-electron chi connectivity index (χ0n) is 12.6. The molecule has 2 rings (SSSR count). The Morgan fingerprint density at radius 1 is 1.09 bits per heavy atom. The van der Waals surface area contributed by atoms with Crippen molar-refractivity contribution in [2.24, 2.45) is 0 Å². The van der Waals surface area contributed by atoms with Crippen LogP contribution in [0, 0.1) is 10.1 Å². The van der Waals surface area contributed by atoms with Gasteiger partial charge < -0.3 is 14.2 Å². The minimum Gasteiger partial charge on any atom is -0.497 e. The van der Waals surface area contributed by atoms with E-state index in [0.717, 1.165) is 11.3 Å². The zero-order chi connectivity index (χ0) is 16.8. The molecule has 0 bridgehead atoms. The first-order valence-corrected chi connectivity index (χ1v) is 6.66. The summed E-state index contributed by atoms with van der Waals surface area (Å²) in [4.78, 5) is 21.3. The Morgan fingerprint density at radius 3 is 2.30 bits per heavy atom. The molecule has 0 aliphatic carbocycles. The predicted octanol–water partition coefficient (Wildman–Crippen LogP) is 3.00. The van der Waals surface area contributed by atoms with Gasteiger partial charge in [0, 0.05) is 6.07 Å². The monoisotopic (exact) mass is 317 g/mol. The molecule has 0 aromatic heterocycles. The van der Waals surface area contributed by atoms with Gasteiger partial charge in [0.25, 0.3) is 5.69 Å². The number of carbonyl (C=O) groups is 1. The lowest BCUT2D eigenvalue weighted by molar-refractivity contribution is -0.385. The molecular formula is C16H15NO6. The van der Waals surface area contributed by atoms with Gasteiger partial charge in [-0.1, -0.05) is 12.1 Å². The van der Waals surface area contributed by atoms with E-state index in [-0.39, 0.29) is 29.4 Å². The van der Waals surface area contributed by atoms with Gasteiger partial charge in [-0.05, 0) is 17.7 Å². The molecule has 23 heavy (non-hydrogen) atoms. The summed E-state index contributed by atoms with van der Waals surface area (Å²) in [6.07, 6.45) is 0.414. The Morgan fingerprint density at radius 2 is 1.78 bits per heavy atom. The highest BCUT2D eigenvalue weighted by Gasteiger charge is 2.19. The van der Waals surface area contributed by atoms with Crippen LogP contribution in [-0.4, -0.2) is 25.4 Å². The molecule has 0 saturated carbocycles. The average Bonchev–Trinajstić information content (AvgIpc) is 2.59. The largest absolute Gasteiger partial charge is 0.497 e. The van der Waals surface area contributed by atoms with Crippen molar-refractivity contribution in [3.8, 4) is 17.2 Å². The number of methoxy groups -OCH3 is 2. The molecule has 7 nitrogen and oxygen atoms in total. The van der Waals surface area contributed by atoms with E-state index < -0.39 is 4.92 Å². The van der Waals surface area contributed by atoms with Gasteiger partial charge in [-0.25, -0.2) is 0 Å². The molecule has 0 amide bonds. The minimum atomic E-state index is -0.639. The summed E-state index contributed by atoms with van der Waals surface area (Å²) in [7, 11) is 2.95. The lowest BCUT2D eigenvalue weighted by Crippen LogP contribution is -2.01. The van der Waals surface area contributed by atoms with Crippen LogP contribution >= 0.6 is 0 Å². The number of carbonyl (C=O) groups excluding carboxylic acids is 1. The molecule has 0 atom stereocenters. The van der Waals surface area contributed by atoms with Crippen LogP contribution in [0.25, 0.3) is 0 Å². The SMILES string of the molecule is COc1ccc(COc2cc(C=O)c([N+](=O)[O-])cc2OC)cc1. The molecule has 7 heteroatoms.